The van der Waals surface area contributed by atoms with E-state index in [1.54, 1.807) is 30.2 Å². The molecule has 0 saturated heterocycles. The summed E-state index contributed by atoms with van der Waals surface area (Å²) in [6.07, 6.45) is 4.97. The Morgan fingerprint density at radius 2 is 2.04 bits per heavy atom. The molecule has 0 aromatic carbocycles. The molecule has 9 heteroatoms. The number of hydrogen-bond donors (Lipinski definition) is 2. The molecule has 0 amide bonds. The molecule has 0 aliphatic heterocycles. The van der Waals surface area contributed by atoms with Crippen LogP contribution in [0.1, 0.15) is 19.4 Å². The first-order valence-corrected chi connectivity index (χ1v) is 7.86. The Labute approximate surface area is 143 Å². The summed E-state index contributed by atoms with van der Waals surface area (Å²) >= 11 is 0. The predicted molar refractivity (Wildman–Crippen MR) is 95.9 cm³/mol. The van der Waals surface area contributed by atoms with E-state index < -0.39 is 11.2 Å². The molecule has 0 bridgehead atoms. The molecule has 0 saturated carbocycles. The number of hydrazone groups is 1. The van der Waals surface area contributed by atoms with E-state index in [1.165, 1.54) is 4.57 Å². The van der Waals surface area contributed by atoms with Gasteiger partial charge in [0.15, 0.2) is 11.2 Å². The highest BCUT2D eigenvalue weighted by Gasteiger charge is 2.17. The van der Waals surface area contributed by atoms with E-state index >= 15 is 0 Å². The molecule has 0 spiro atoms. The number of rotatable bonds is 5. The van der Waals surface area contributed by atoms with E-state index in [4.69, 9.17) is 0 Å². The normalized spacial score (nSPS) is 11.7. The summed E-state index contributed by atoms with van der Waals surface area (Å²) in [5.74, 6) is 0.680. The van der Waals surface area contributed by atoms with Crippen LogP contribution < -0.4 is 16.7 Å². The molecule has 9 nitrogen and oxygen atoms in total. The minimum atomic E-state index is -0.501. The number of nitrogens with one attached hydrogen (secondary N) is 2. The van der Waals surface area contributed by atoms with Gasteiger partial charge in [0.25, 0.3) is 5.56 Å². The van der Waals surface area contributed by atoms with Crippen molar-refractivity contribution in [3.63, 3.8) is 0 Å². The summed E-state index contributed by atoms with van der Waals surface area (Å²) in [5.41, 5.74) is 3.44. The Balaban J connectivity index is 2.06. The predicted octanol–water partition coefficient (Wildman–Crippen LogP) is 0.920. The van der Waals surface area contributed by atoms with Gasteiger partial charge in [-0.2, -0.15) is 10.1 Å². The van der Waals surface area contributed by atoms with Crippen molar-refractivity contribution in [2.24, 2.45) is 18.1 Å². The van der Waals surface area contributed by atoms with Crippen LogP contribution in [0.3, 0.4) is 0 Å². The molecule has 0 aliphatic rings. The molecule has 0 atom stereocenters. The third kappa shape index (κ3) is 3.35. The number of H-pyrrole nitrogens is 1. The van der Waals surface area contributed by atoms with Gasteiger partial charge in [-0.1, -0.05) is 13.8 Å². The SMILES string of the molecule is CC(C)Cn1c(N/N=C\c2ccncc2)nc2c1c(=O)[nH]c(=O)n2C. The minimum Gasteiger partial charge on any atom is -0.303 e. The van der Waals surface area contributed by atoms with Gasteiger partial charge in [-0.25, -0.2) is 10.2 Å². The highest BCUT2D eigenvalue weighted by molar-refractivity contribution is 5.80. The molecule has 3 rings (SSSR count). The molecule has 3 aromatic heterocycles. The molecule has 130 valence electrons. The maximum Gasteiger partial charge on any atom is 0.329 e. The number of imidazole rings is 1. The zero-order valence-corrected chi connectivity index (χ0v) is 14.2. The van der Waals surface area contributed by atoms with E-state index in [9.17, 15) is 9.59 Å². The van der Waals surface area contributed by atoms with E-state index in [1.807, 2.05) is 26.0 Å². The fourth-order valence-corrected chi connectivity index (χ4v) is 2.48. The average Bonchev–Trinajstić information content (AvgIpc) is 2.92. The molecule has 3 aromatic rings. The van der Waals surface area contributed by atoms with Gasteiger partial charge in [-0.15, -0.1) is 0 Å². The van der Waals surface area contributed by atoms with Crippen LogP contribution >= 0.6 is 0 Å². The van der Waals surface area contributed by atoms with Crippen molar-refractivity contribution >= 4 is 23.3 Å². The first-order valence-electron chi connectivity index (χ1n) is 7.86. The second-order valence-corrected chi connectivity index (χ2v) is 6.08. The Morgan fingerprint density at radius 1 is 1.32 bits per heavy atom. The second kappa shape index (κ2) is 6.71. The number of aromatic amines is 1. The van der Waals surface area contributed by atoms with Crippen LogP contribution in [0.2, 0.25) is 0 Å². The van der Waals surface area contributed by atoms with E-state index in [2.05, 4.69) is 25.5 Å². The van der Waals surface area contributed by atoms with Gasteiger partial charge in [0.2, 0.25) is 5.95 Å². The molecular weight excluding hydrogens is 322 g/mol. The highest BCUT2D eigenvalue weighted by Crippen LogP contribution is 2.17. The topological polar surface area (TPSA) is 110 Å². The molecule has 0 unspecified atom stereocenters. The highest BCUT2D eigenvalue weighted by atomic mass is 16.2. The Bertz CT molecular complexity index is 1030. The number of hydrogen-bond acceptors (Lipinski definition) is 6. The van der Waals surface area contributed by atoms with Gasteiger partial charge >= 0.3 is 5.69 Å². The summed E-state index contributed by atoms with van der Waals surface area (Å²) in [7, 11) is 1.57. The van der Waals surface area contributed by atoms with Gasteiger partial charge in [0.1, 0.15) is 0 Å². The van der Waals surface area contributed by atoms with Gasteiger partial charge in [0.05, 0.1) is 6.21 Å². The van der Waals surface area contributed by atoms with Crippen molar-refractivity contribution in [1.82, 2.24) is 24.1 Å². The first kappa shape index (κ1) is 16.6. The molecule has 25 heavy (non-hydrogen) atoms. The number of aryl methyl sites for hydroxylation is 1. The van der Waals surface area contributed by atoms with Crippen LogP contribution in [0.5, 0.6) is 0 Å². The quantitative estimate of drug-likeness (QED) is 0.530. The van der Waals surface area contributed by atoms with E-state index in [0.717, 1.165) is 5.56 Å². The van der Waals surface area contributed by atoms with Gasteiger partial charge in [-0.3, -0.25) is 19.3 Å². The van der Waals surface area contributed by atoms with Crippen LogP contribution in [-0.4, -0.2) is 30.3 Å². The van der Waals surface area contributed by atoms with Gasteiger partial charge < -0.3 is 4.57 Å². The summed E-state index contributed by atoms with van der Waals surface area (Å²) in [6, 6.07) is 3.63. The number of pyridine rings is 1. The van der Waals surface area contributed by atoms with Crippen molar-refractivity contribution in [3.05, 3.63) is 50.9 Å². The van der Waals surface area contributed by atoms with Crippen molar-refractivity contribution in [2.45, 2.75) is 20.4 Å². The molecule has 2 N–H and O–H groups in total. The molecular formula is C16H19N7O2. The van der Waals surface area contributed by atoms with E-state index in [0.29, 0.717) is 23.7 Å². The van der Waals surface area contributed by atoms with Crippen LogP contribution in [0.15, 0.2) is 39.2 Å². The summed E-state index contributed by atoms with van der Waals surface area (Å²) in [5, 5.41) is 4.17. The van der Waals surface area contributed by atoms with Gasteiger partial charge in [0, 0.05) is 26.0 Å². The lowest BCUT2D eigenvalue weighted by atomic mass is 10.2. The monoisotopic (exact) mass is 341 g/mol. The second-order valence-electron chi connectivity index (χ2n) is 6.08. The number of aromatic nitrogens is 5. The number of fused-ring (bicyclic) bond motifs is 1. The Hall–Kier alpha value is -3.23. The summed E-state index contributed by atoms with van der Waals surface area (Å²) in [6.45, 7) is 4.63. The smallest absolute Gasteiger partial charge is 0.303 e. The standard InChI is InChI=1S/C16H19N7O2/c1-10(2)9-23-12-13(22(3)16(25)20-14(12)24)19-15(23)21-18-8-11-4-6-17-7-5-11/h4-8,10H,9H2,1-3H3,(H,19,21)(H,20,24,25)/b18-8-. The minimum absolute atomic E-state index is 0.277. The maximum atomic E-state index is 12.3. The fourth-order valence-electron chi connectivity index (χ4n) is 2.48. The fraction of sp³-hybridized carbons (Fsp3) is 0.312. The summed E-state index contributed by atoms with van der Waals surface area (Å²) in [4.78, 5) is 34.7. The van der Waals surface area contributed by atoms with Gasteiger partial charge in [-0.05, 0) is 23.6 Å². The zero-order chi connectivity index (χ0) is 18.0. The Kier molecular flexibility index (Phi) is 4.46. The Morgan fingerprint density at radius 3 is 2.72 bits per heavy atom. The maximum absolute atomic E-state index is 12.3. The van der Waals surface area contributed by atoms with Crippen LogP contribution in [0.4, 0.5) is 5.95 Å². The van der Waals surface area contributed by atoms with E-state index in [-0.39, 0.29) is 5.92 Å². The van der Waals surface area contributed by atoms with Crippen molar-refractivity contribution in [2.75, 3.05) is 5.43 Å². The molecule has 0 aliphatic carbocycles. The third-order valence-electron chi connectivity index (χ3n) is 3.64. The summed E-state index contributed by atoms with van der Waals surface area (Å²) < 4.78 is 3.05. The number of nitrogens with zero attached hydrogens (tertiary/aromatic N) is 5. The molecule has 0 fully saturated rings. The van der Waals surface area contributed by atoms with Crippen LogP contribution in [0, 0.1) is 5.92 Å². The first-order chi connectivity index (χ1) is 12.0. The van der Waals surface area contributed by atoms with Crippen molar-refractivity contribution in [1.29, 1.82) is 0 Å². The average molecular weight is 341 g/mol. The lowest BCUT2D eigenvalue weighted by molar-refractivity contribution is 0.535. The zero-order valence-electron chi connectivity index (χ0n) is 14.2. The molecule has 0 radical (unpaired) electrons. The van der Waals surface area contributed by atoms with Crippen molar-refractivity contribution in [3.8, 4) is 0 Å². The third-order valence-corrected chi connectivity index (χ3v) is 3.64. The van der Waals surface area contributed by atoms with Crippen LogP contribution in [0.25, 0.3) is 11.2 Å². The lowest BCUT2D eigenvalue weighted by Crippen LogP contribution is -2.29. The molecule has 3 heterocycles. The van der Waals surface area contributed by atoms with Crippen molar-refractivity contribution < 1.29 is 0 Å². The number of anilines is 1. The largest absolute Gasteiger partial charge is 0.329 e. The van der Waals surface area contributed by atoms with Crippen LogP contribution in [-0.2, 0) is 13.6 Å². The lowest BCUT2D eigenvalue weighted by Gasteiger charge is -2.10.